The molecule has 8 unspecified atom stereocenters. The van der Waals surface area contributed by atoms with Gasteiger partial charge in [0.05, 0.1) is 44.2 Å². The Bertz CT molecular complexity index is 1500. The van der Waals surface area contributed by atoms with Gasteiger partial charge in [0, 0.05) is 14.2 Å². The van der Waals surface area contributed by atoms with Crippen molar-refractivity contribution < 1.29 is 53.2 Å². The molecule has 49 heavy (non-hydrogen) atoms. The van der Waals surface area contributed by atoms with E-state index in [0.717, 1.165) is 14.7 Å². The molecule has 2 bridgehead atoms. The maximum Gasteiger partial charge on any atom is 0.327 e. The van der Waals surface area contributed by atoms with Crippen molar-refractivity contribution in [2.24, 2.45) is 23.7 Å². The van der Waals surface area contributed by atoms with Crippen molar-refractivity contribution in [3.63, 3.8) is 0 Å². The normalized spacial score (nSPS) is 27.7. The van der Waals surface area contributed by atoms with Crippen LogP contribution in [0.2, 0.25) is 0 Å². The molecule has 4 aliphatic rings. The van der Waals surface area contributed by atoms with E-state index in [9.17, 15) is 39.0 Å². The number of carbonyl (C=O) groups excluding carboxylic acids is 6. The Kier molecular flexibility index (Phi) is 10.5. The summed E-state index contributed by atoms with van der Waals surface area (Å²) in [5.74, 6) is -4.32. The van der Waals surface area contributed by atoms with Crippen LogP contribution < -0.4 is 0 Å². The molecule has 3 fully saturated rings. The Hall–Kier alpha value is -4.34. The van der Waals surface area contributed by atoms with Crippen molar-refractivity contribution in [3.8, 4) is 0 Å². The van der Waals surface area contributed by atoms with Crippen LogP contribution in [0.3, 0.4) is 0 Å². The lowest BCUT2D eigenvalue weighted by molar-refractivity contribution is -0.166. The number of hydrogen-bond acceptors (Lipinski definition) is 11. The minimum atomic E-state index is -1.44. The molecule has 2 aliphatic carbocycles. The van der Waals surface area contributed by atoms with Gasteiger partial charge in [-0.15, -0.1) is 0 Å². The summed E-state index contributed by atoms with van der Waals surface area (Å²) in [7, 11) is 2.98. The molecule has 0 radical (unpaired) electrons. The van der Waals surface area contributed by atoms with Crippen LogP contribution in [0.15, 0.2) is 42.5 Å². The number of hydrogen-bond donors (Lipinski definition) is 2. The minimum absolute atomic E-state index is 0.175. The first-order chi connectivity index (χ1) is 23.2. The van der Waals surface area contributed by atoms with E-state index in [4.69, 9.17) is 14.2 Å². The molecule has 2 heterocycles. The van der Waals surface area contributed by atoms with Crippen molar-refractivity contribution in [2.75, 3.05) is 47.0 Å². The number of carbonyl (C=O) groups is 6. The van der Waals surface area contributed by atoms with Gasteiger partial charge in [-0.2, -0.15) is 0 Å². The van der Waals surface area contributed by atoms with Crippen LogP contribution in [0.4, 0.5) is 9.59 Å². The van der Waals surface area contributed by atoms with Gasteiger partial charge in [0.2, 0.25) is 0 Å². The van der Waals surface area contributed by atoms with E-state index in [1.807, 2.05) is 12.2 Å². The van der Waals surface area contributed by atoms with Crippen molar-refractivity contribution in [2.45, 2.75) is 57.1 Å². The van der Waals surface area contributed by atoms with Gasteiger partial charge in [0.25, 0.3) is 11.8 Å². The van der Waals surface area contributed by atoms with E-state index in [1.54, 1.807) is 37.3 Å². The molecule has 15 nitrogen and oxygen atoms in total. The number of imide groups is 2. The van der Waals surface area contributed by atoms with Crippen LogP contribution in [-0.4, -0.2) is 136 Å². The summed E-state index contributed by atoms with van der Waals surface area (Å²) in [4.78, 5) is 83.1. The third-order valence-electron chi connectivity index (χ3n) is 9.76. The molecule has 0 aromatic heterocycles. The molecule has 8 atom stereocenters. The highest BCUT2D eigenvalue weighted by molar-refractivity contribution is 6.07. The molecule has 5 rings (SSSR count). The van der Waals surface area contributed by atoms with E-state index in [-0.39, 0.29) is 25.0 Å². The molecule has 1 saturated carbocycles. The van der Waals surface area contributed by atoms with Crippen LogP contribution in [0, 0.1) is 23.7 Å². The second-order valence-corrected chi connectivity index (χ2v) is 13.7. The monoisotopic (exact) mass is 684 g/mol. The first-order valence-electron chi connectivity index (χ1n) is 16.3. The molecule has 1 aromatic rings. The summed E-state index contributed by atoms with van der Waals surface area (Å²) >= 11 is 0. The van der Waals surface area contributed by atoms with Crippen LogP contribution >= 0.6 is 0 Å². The number of rotatable bonds is 14. The quantitative estimate of drug-likeness (QED) is 0.162. The number of ether oxygens (including phenoxy) is 3. The Labute approximate surface area is 284 Å². The van der Waals surface area contributed by atoms with Crippen LogP contribution in [0.5, 0.6) is 0 Å². The van der Waals surface area contributed by atoms with E-state index in [1.165, 1.54) is 32.9 Å². The molecule has 2 N–H and O–H groups in total. The lowest BCUT2D eigenvalue weighted by Gasteiger charge is -2.30. The Morgan fingerprint density at radius 1 is 0.878 bits per heavy atom. The van der Waals surface area contributed by atoms with Gasteiger partial charge in [-0.1, -0.05) is 42.5 Å². The van der Waals surface area contributed by atoms with E-state index in [2.05, 4.69) is 0 Å². The summed E-state index contributed by atoms with van der Waals surface area (Å²) < 4.78 is 15.9. The molecular weight excluding hydrogens is 640 g/mol. The number of allylic oxidation sites excluding steroid dienone is 2. The van der Waals surface area contributed by atoms with E-state index < -0.39 is 97.2 Å². The van der Waals surface area contributed by atoms with Crippen molar-refractivity contribution in [1.29, 1.82) is 0 Å². The topological polar surface area (TPSA) is 184 Å². The minimum Gasteiger partial charge on any atom is -0.463 e. The summed E-state index contributed by atoms with van der Waals surface area (Å²) in [5.41, 5.74) is -0.816. The fraction of sp³-hybridized carbons (Fsp3) is 0.588. The highest BCUT2D eigenvalue weighted by Gasteiger charge is 2.55. The predicted octanol–water partition coefficient (Wildman–Crippen LogP) is 0.946. The molecule has 1 aromatic carbocycles. The fourth-order valence-corrected chi connectivity index (χ4v) is 7.29. The lowest BCUT2D eigenvalue weighted by atomic mass is 9.83. The maximum atomic E-state index is 13.4. The number of likely N-dealkylation sites (N-methyl/N-ethyl adjacent to an activating group) is 1. The average molecular weight is 685 g/mol. The van der Waals surface area contributed by atoms with Crippen LogP contribution in [0.1, 0.15) is 38.8 Å². The summed E-state index contributed by atoms with van der Waals surface area (Å²) in [6.07, 6.45) is 1.04. The standard InChI is InChI=1S/C34H44N4O11/c1-19(17-47-5)49-30(43)26-22-12-11-21(13-22)25(26)29(42)48-18-24(40)15-37-31(44)34(2,3)38(33(37)46)16-23(39)14-36-28(41)27(35(4)32(36)45)20-9-7-6-8-10-20/h6-12,19,21-27,39-40H,13-18H2,1-5H3. The number of fused-ring (bicyclic) bond motifs is 2. The van der Waals surface area contributed by atoms with Crippen molar-refractivity contribution in [1.82, 2.24) is 19.6 Å². The zero-order valence-electron chi connectivity index (χ0n) is 28.3. The fourth-order valence-electron chi connectivity index (χ4n) is 7.29. The number of amides is 6. The highest BCUT2D eigenvalue weighted by atomic mass is 16.6. The summed E-state index contributed by atoms with van der Waals surface area (Å²) in [6.45, 7) is 3.03. The number of methoxy groups -OCH3 is 1. The lowest BCUT2D eigenvalue weighted by Crippen LogP contribution is -2.50. The Morgan fingerprint density at radius 2 is 1.49 bits per heavy atom. The first kappa shape index (κ1) is 36.0. The predicted molar refractivity (Wildman–Crippen MR) is 170 cm³/mol. The maximum absolute atomic E-state index is 13.4. The van der Waals surface area contributed by atoms with Gasteiger partial charge in [-0.05, 0) is 44.6 Å². The van der Waals surface area contributed by atoms with E-state index >= 15 is 0 Å². The number of aliphatic hydroxyl groups is 2. The number of aliphatic hydroxyl groups excluding tert-OH is 2. The smallest absolute Gasteiger partial charge is 0.327 e. The molecule has 0 spiro atoms. The van der Waals surface area contributed by atoms with Gasteiger partial charge in [0.15, 0.2) is 0 Å². The highest BCUT2D eigenvalue weighted by Crippen LogP contribution is 2.49. The summed E-state index contributed by atoms with van der Waals surface area (Å²) in [6, 6.07) is 6.47. The SMILES string of the molecule is COCC(C)OC(=O)C1C2C=CC(C2)C1C(=O)OCC(O)CN1C(=O)N(CC(O)CN2C(=O)C(c3ccccc3)N(C)C2=O)C(C)(C)C1=O. The molecule has 2 aliphatic heterocycles. The Balaban J connectivity index is 1.16. The zero-order valence-corrected chi connectivity index (χ0v) is 28.3. The molecule has 6 amide bonds. The molecule has 15 heteroatoms. The van der Waals surface area contributed by atoms with Gasteiger partial charge >= 0.3 is 24.0 Å². The largest absolute Gasteiger partial charge is 0.463 e. The number of nitrogens with zero attached hydrogens (tertiary/aromatic N) is 4. The van der Waals surface area contributed by atoms with Gasteiger partial charge in [0.1, 0.15) is 30.4 Å². The molecular formula is C34H44N4O11. The number of urea groups is 2. The van der Waals surface area contributed by atoms with Crippen LogP contribution in [0.25, 0.3) is 0 Å². The van der Waals surface area contributed by atoms with Crippen LogP contribution in [-0.2, 0) is 33.4 Å². The third-order valence-corrected chi connectivity index (χ3v) is 9.76. The van der Waals surface area contributed by atoms with Crippen molar-refractivity contribution in [3.05, 3.63) is 48.0 Å². The van der Waals surface area contributed by atoms with Gasteiger partial charge in [-0.25, -0.2) is 9.59 Å². The van der Waals surface area contributed by atoms with Gasteiger partial charge < -0.3 is 34.2 Å². The third kappa shape index (κ3) is 6.92. The zero-order chi connectivity index (χ0) is 35.8. The van der Waals surface area contributed by atoms with Gasteiger partial charge in [-0.3, -0.25) is 29.0 Å². The van der Waals surface area contributed by atoms with E-state index in [0.29, 0.717) is 12.0 Å². The number of esters is 2. The number of β-amino-alcohol motifs (C(OH)–C–C–N with tert-alkyl or cyclic N) is 2. The molecule has 266 valence electrons. The average Bonchev–Trinajstić information content (AvgIpc) is 3.77. The second-order valence-electron chi connectivity index (χ2n) is 13.7. The van der Waals surface area contributed by atoms with Crippen molar-refractivity contribution >= 4 is 35.8 Å². The second kappa shape index (κ2) is 14.3. The number of benzene rings is 1. The first-order valence-corrected chi connectivity index (χ1v) is 16.3. The summed E-state index contributed by atoms with van der Waals surface area (Å²) in [5, 5.41) is 21.7. The Morgan fingerprint density at radius 3 is 2.12 bits per heavy atom. The molecule has 2 saturated heterocycles.